The van der Waals surface area contributed by atoms with Gasteiger partial charge in [-0.1, -0.05) is 32.4 Å². The molecule has 1 nitrogen and oxygen atoms in total. The van der Waals surface area contributed by atoms with E-state index in [-0.39, 0.29) is 0 Å². The average Bonchev–Trinajstić information content (AvgIpc) is 2.77. The van der Waals surface area contributed by atoms with Crippen LogP contribution in [0.2, 0.25) is 5.02 Å². The maximum absolute atomic E-state index is 6.03. The molecule has 0 saturated carbocycles. The smallest absolute Gasteiger partial charge is 0.0495 e. The van der Waals surface area contributed by atoms with Gasteiger partial charge in [-0.15, -0.1) is 11.6 Å². The van der Waals surface area contributed by atoms with Crippen LogP contribution in [0.15, 0.2) is 18.2 Å². The molecule has 1 unspecified atom stereocenters. The predicted octanol–water partition coefficient (Wildman–Crippen LogP) is 4.95. The molecule has 0 radical (unpaired) electrons. The topological polar surface area (TPSA) is 3.24 Å². The Bertz CT molecular complexity index is 423. The molecule has 2 rings (SSSR count). The first-order chi connectivity index (χ1) is 8.41. The molecule has 1 aromatic carbocycles. The van der Waals surface area contributed by atoms with E-state index in [0.717, 1.165) is 29.6 Å². The molecule has 18 heavy (non-hydrogen) atoms. The Morgan fingerprint density at radius 1 is 1.33 bits per heavy atom. The first-order valence-corrected chi connectivity index (χ1v) is 7.42. The quantitative estimate of drug-likeness (QED) is 0.695. The Morgan fingerprint density at radius 2 is 2.06 bits per heavy atom. The number of nitrogens with zero attached hydrogens (tertiary/aromatic N) is 1. The van der Waals surface area contributed by atoms with Gasteiger partial charge in [0, 0.05) is 29.7 Å². The van der Waals surface area contributed by atoms with Gasteiger partial charge in [-0.25, -0.2) is 0 Å². The zero-order valence-corrected chi connectivity index (χ0v) is 12.9. The zero-order chi connectivity index (χ0) is 13.3. The van der Waals surface area contributed by atoms with E-state index < -0.39 is 0 Å². The van der Waals surface area contributed by atoms with Crippen molar-refractivity contribution < 1.29 is 0 Å². The van der Waals surface area contributed by atoms with Crippen LogP contribution in [0.5, 0.6) is 0 Å². The van der Waals surface area contributed by atoms with Crippen molar-refractivity contribution in [1.82, 2.24) is 0 Å². The van der Waals surface area contributed by atoms with Crippen molar-refractivity contribution in [3.8, 4) is 0 Å². The van der Waals surface area contributed by atoms with Crippen molar-refractivity contribution in [2.24, 2.45) is 11.3 Å². The summed E-state index contributed by atoms with van der Waals surface area (Å²) >= 11 is 12.0. The summed E-state index contributed by atoms with van der Waals surface area (Å²) in [5.41, 5.74) is 2.77. The second-order valence-electron chi connectivity index (χ2n) is 6.20. The second-order valence-corrected chi connectivity index (χ2v) is 6.91. The number of halogens is 2. The van der Waals surface area contributed by atoms with Gasteiger partial charge in [-0.2, -0.15) is 0 Å². The van der Waals surface area contributed by atoms with Gasteiger partial charge in [0.1, 0.15) is 0 Å². The van der Waals surface area contributed by atoms with Gasteiger partial charge < -0.3 is 4.90 Å². The summed E-state index contributed by atoms with van der Waals surface area (Å²) < 4.78 is 0. The molecule has 1 aromatic rings. The summed E-state index contributed by atoms with van der Waals surface area (Å²) in [4.78, 5) is 2.45. The minimum atomic E-state index is 0.377. The third-order valence-corrected chi connectivity index (χ3v) is 4.46. The van der Waals surface area contributed by atoms with Crippen LogP contribution in [0.1, 0.15) is 32.8 Å². The van der Waals surface area contributed by atoms with Crippen molar-refractivity contribution in [2.45, 2.75) is 33.1 Å². The van der Waals surface area contributed by atoms with E-state index in [9.17, 15) is 0 Å². The Balaban J connectivity index is 2.19. The van der Waals surface area contributed by atoms with E-state index in [2.05, 4.69) is 31.7 Å². The molecule has 0 amide bonds. The molecule has 1 aliphatic rings. The molecular weight excluding hydrogens is 265 g/mol. The lowest BCUT2D eigenvalue weighted by Gasteiger charge is -2.28. The number of benzene rings is 1. The number of hydrogen-bond acceptors (Lipinski definition) is 1. The maximum atomic E-state index is 6.03. The highest BCUT2D eigenvalue weighted by Gasteiger charge is 2.32. The molecule has 0 spiro atoms. The van der Waals surface area contributed by atoms with Crippen LogP contribution in [-0.2, 0) is 5.88 Å². The summed E-state index contributed by atoms with van der Waals surface area (Å²) in [6.07, 6.45) is 1.26. The summed E-state index contributed by atoms with van der Waals surface area (Å²) in [6, 6.07) is 6.04. The summed E-state index contributed by atoms with van der Waals surface area (Å²) in [6.45, 7) is 9.21. The van der Waals surface area contributed by atoms with E-state index >= 15 is 0 Å². The van der Waals surface area contributed by atoms with Gasteiger partial charge in [0.05, 0.1) is 0 Å². The number of alkyl halides is 1. The molecule has 0 aliphatic carbocycles. The Hall–Kier alpha value is -0.400. The van der Waals surface area contributed by atoms with E-state index in [1.165, 1.54) is 12.1 Å². The van der Waals surface area contributed by atoms with Gasteiger partial charge in [0.15, 0.2) is 0 Å². The Kier molecular flexibility index (Phi) is 4.13. The molecule has 0 N–H and O–H groups in total. The molecule has 3 heteroatoms. The SMILES string of the molecule is CC(C)(C)C1CCN(c2ccc(Cl)cc2CCl)C1. The van der Waals surface area contributed by atoms with Crippen molar-refractivity contribution in [2.75, 3.05) is 18.0 Å². The van der Waals surface area contributed by atoms with Gasteiger partial charge in [0.25, 0.3) is 0 Å². The molecule has 0 bridgehead atoms. The largest absolute Gasteiger partial charge is 0.371 e. The maximum Gasteiger partial charge on any atom is 0.0495 e. The number of rotatable bonds is 2. The summed E-state index contributed by atoms with van der Waals surface area (Å²) in [7, 11) is 0. The van der Waals surface area contributed by atoms with Crippen LogP contribution < -0.4 is 4.90 Å². The normalized spacial score (nSPS) is 20.5. The minimum Gasteiger partial charge on any atom is -0.371 e. The molecule has 100 valence electrons. The van der Waals surface area contributed by atoms with Gasteiger partial charge in [-0.05, 0) is 41.5 Å². The Morgan fingerprint density at radius 3 is 2.61 bits per heavy atom. The predicted molar refractivity (Wildman–Crippen MR) is 80.8 cm³/mol. The summed E-state index contributed by atoms with van der Waals surface area (Å²) in [5.74, 6) is 1.27. The second kappa shape index (κ2) is 5.30. The zero-order valence-electron chi connectivity index (χ0n) is 11.3. The first-order valence-electron chi connectivity index (χ1n) is 6.51. The first kappa shape index (κ1) is 14.0. The molecule has 1 aliphatic heterocycles. The van der Waals surface area contributed by atoms with Crippen molar-refractivity contribution in [1.29, 1.82) is 0 Å². The van der Waals surface area contributed by atoms with E-state index in [1.54, 1.807) is 0 Å². The molecule has 0 aromatic heterocycles. The van der Waals surface area contributed by atoms with Gasteiger partial charge >= 0.3 is 0 Å². The Labute approximate surface area is 120 Å². The van der Waals surface area contributed by atoms with Crippen LogP contribution in [0, 0.1) is 11.3 Å². The van der Waals surface area contributed by atoms with Crippen LogP contribution in [0.3, 0.4) is 0 Å². The van der Waals surface area contributed by atoms with E-state index in [1.807, 2.05) is 12.1 Å². The fraction of sp³-hybridized carbons (Fsp3) is 0.600. The fourth-order valence-electron chi connectivity index (χ4n) is 2.66. The molecular formula is C15H21Cl2N. The van der Waals surface area contributed by atoms with Crippen LogP contribution in [-0.4, -0.2) is 13.1 Å². The lowest BCUT2D eigenvalue weighted by molar-refractivity contribution is 0.263. The monoisotopic (exact) mass is 285 g/mol. The number of anilines is 1. The third kappa shape index (κ3) is 2.95. The lowest BCUT2D eigenvalue weighted by atomic mass is 9.80. The van der Waals surface area contributed by atoms with E-state index in [4.69, 9.17) is 23.2 Å². The van der Waals surface area contributed by atoms with E-state index in [0.29, 0.717) is 11.3 Å². The van der Waals surface area contributed by atoms with Gasteiger partial charge in [0.2, 0.25) is 0 Å². The highest BCUT2D eigenvalue weighted by atomic mass is 35.5. The van der Waals surface area contributed by atoms with Crippen LogP contribution in [0.25, 0.3) is 0 Å². The molecule has 1 atom stereocenters. The minimum absolute atomic E-state index is 0.377. The molecule has 1 saturated heterocycles. The summed E-state index contributed by atoms with van der Waals surface area (Å²) in [5, 5.41) is 0.765. The van der Waals surface area contributed by atoms with Crippen molar-refractivity contribution in [3.63, 3.8) is 0 Å². The van der Waals surface area contributed by atoms with Crippen molar-refractivity contribution >= 4 is 28.9 Å². The van der Waals surface area contributed by atoms with Gasteiger partial charge in [-0.3, -0.25) is 0 Å². The average molecular weight is 286 g/mol. The lowest BCUT2D eigenvalue weighted by Crippen LogP contribution is -2.26. The third-order valence-electron chi connectivity index (χ3n) is 3.94. The highest BCUT2D eigenvalue weighted by molar-refractivity contribution is 6.30. The molecule has 1 fully saturated rings. The molecule has 1 heterocycles. The number of hydrogen-bond donors (Lipinski definition) is 0. The highest BCUT2D eigenvalue weighted by Crippen LogP contribution is 2.37. The fourth-order valence-corrected chi connectivity index (χ4v) is 3.06. The standard InChI is InChI=1S/C15H21Cl2N/c1-15(2,3)12-6-7-18(10-12)14-5-4-13(17)8-11(14)9-16/h4-5,8,12H,6-7,9-10H2,1-3H3. The van der Waals surface area contributed by atoms with Crippen LogP contribution in [0.4, 0.5) is 5.69 Å². The van der Waals surface area contributed by atoms with Crippen molar-refractivity contribution in [3.05, 3.63) is 28.8 Å². The van der Waals surface area contributed by atoms with Crippen LogP contribution >= 0.6 is 23.2 Å².